The van der Waals surface area contributed by atoms with Gasteiger partial charge in [-0.15, -0.1) is 10.2 Å². The molecule has 4 heteroatoms. The van der Waals surface area contributed by atoms with E-state index in [1.54, 1.807) is 0 Å². The third-order valence-electron chi connectivity index (χ3n) is 2.55. The number of nitrogens with zero attached hydrogens (tertiary/aromatic N) is 2. The Morgan fingerprint density at radius 1 is 1.26 bits per heavy atom. The highest BCUT2D eigenvalue weighted by Gasteiger charge is 2.07. The van der Waals surface area contributed by atoms with Crippen molar-refractivity contribution < 1.29 is 4.42 Å². The normalized spacial score (nSPS) is 23.4. The topological polar surface area (TPSA) is 51.0 Å². The Bertz CT molecular complexity index is 562. The van der Waals surface area contributed by atoms with E-state index in [0.29, 0.717) is 18.3 Å². The zero-order valence-corrected chi connectivity index (χ0v) is 11.0. The minimum absolute atomic E-state index is 0.529. The van der Waals surface area contributed by atoms with Gasteiger partial charge in [0.25, 0.3) is 0 Å². The van der Waals surface area contributed by atoms with Gasteiger partial charge in [0.05, 0.1) is 6.54 Å². The molecule has 1 heterocycles. The number of aromatic nitrogens is 2. The highest BCUT2D eigenvalue weighted by molar-refractivity contribution is 5.70. The Morgan fingerprint density at radius 3 is 3.00 bits per heavy atom. The van der Waals surface area contributed by atoms with E-state index in [4.69, 9.17) is 4.42 Å². The monoisotopic (exact) mass is 255 g/mol. The molecule has 1 aromatic rings. The van der Waals surface area contributed by atoms with Crippen LogP contribution in [0.5, 0.6) is 0 Å². The van der Waals surface area contributed by atoms with Crippen LogP contribution in [0.25, 0.3) is 5.57 Å². The lowest BCUT2D eigenvalue weighted by molar-refractivity contribution is 0.470. The molecule has 1 aliphatic carbocycles. The first-order valence-electron chi connectivity index (χ1n) is 6.16. The molecule has 0 saturated carbocycles. The van der Waals surface area contributed by atoms with E-state index in [2.05, 4.69) is 22.1 Å². The Hall–Kier alpha value is -2.20. The van der Waals surface area contributed by atoms with Crippen molar-refractivity contribution in [3.8, 4) is 0 Å². The smallest absolute Gasteiger partial charge is 0.247 e. The molecule has 1 aliphatic rings. The van der Waals surface area contributed by atoms with Gasteiger partial charge in [0.2, 0.25) is 11.8 Å². The number of hydrogen-bond acceptors (Lipinski definition) is 4. The molecule has 0 radical (unpaired) electrons. The van der Waals surface area contributed by atoms with Crippen molar-refractivity contribution in [3.63, 3.8) is 0 Å². The molecule has 0 bridgehead atoms. The predicted molar refractivity (Wildman–Crippen MR) is 76.2 cm³/mol. The number of hydrogen-bond donors (Lipinski definition) is 1. The van der Waals surface area contributed by atoms with Crippen molar-refractivity contribution in [2.24, 2.45) is 0 Å². The van der Waals surface area contributed by atoms with Crippen molar-refractivity contribution in [1.82, 2.24) is 15.5 Å². The van der Waals surface area contributed by atoms with Crippen LogP contribution in [0.15, 0.2) is 59.1 Å². The van der Waals surface area contributed by atoms with Gasteiger partial charge < -0.3 is 9.73 Å². The molecule has 0 amide bonds. The maximum Gasteiger partial charge on any atom is 0.247 e. The van der Waals surface area contributed by atoms with E-state index >= 15 is 0 Å². The second-order valence-corrected chi connectivity index (χ2v) is 4.16. The first-order chi connectivity index (χ1) is 9.29. The van der Waals surface area contributed by atoms with Crippen LogP contribution in [0.2, 0.25) is 0 Å². The molecule has 4 nitrogen and oxygen atoms in total. The van der Waals surface area contributed by atoms with Crippen LogP contribution < -0.4 is 5.32 Å². The Morgan fingerprint density at radius 2 is 2.16 bits per heavy atom. The van der Waals surface area contributed by atoms with Gasteiger partial charge in [-0.3, -0.25) is 0 Å². The molecule has 1 aromatic heterocycles. The van der Waals surface area contributed by atoms with Crippen LogP contribution >= 0.6 is 0 Å². The van der Waals surface area contributed by atoms with E-state index in [0.717, 1.165) is 17.6 Å². The second kappa shape index (κ2) is 6.66. The van der Waals surface area contributed by atoms with Crippen LogP contribution in [0.1, 0.15) is 18.2 Å². The number of rotatable bonds is 3. The van der Waals surface area contributed by atoms with Crippen molar-refractivity contribution in [2.45, 2.75) is 13.0 Å². The standard InChI is InChI=1S/C15H17N3O/c1-12-7-4-3-5-9-13(10-6-8-12)15-18-17-14(19-15)11-16-2/h3-7,9-10,16H,1,8,11H2,2H3/b5-3+,7-4-,10-6-,13-9+. The van der Waals surface area contributed by atoms with Gasteiger partial charge >= 0.3 is 0 Å². The number of nitrogens with one attached hydrogen (secondary N) is 1. The molecule has 0 atom stereocenters. The van der Waals surface area contributed by atoms with Gasteiger partial charge in [-0.2, -0.15) is 0 Å². The largest absolute Gasteiger partial charge is 0.419 e. The lowest BCUT2D eigenvalue weighted by Gasteiger charge is -1.97. The summed E-state index contributed by atoms with van der Waals surface area (Å²) < 4.78 is 5.58. The van der Waals surface area contributed by atoms with E-state index in [1.165, 1.54) is 0 Å². The Balaban J connectivity index is 2.24. The Kier molecular flexibility index (Phi) is 4.64. The quantitative estimate of drug-likeness (QED) is 0.902. The molecule has 0 saturated heterocycles. The highest BCUT2D eigenvalue weighted by atomic mass is 16.4. The average molecular weight is 255 g/mol. The number of allylic oxidation sites excluding steroid dienone is 9. The first-order valence-corrected chi connectivity index (χ1v) is 6.16. The Labute approximate surface area is 112 Å². The van der Waals surface area contributed by atoms with Crippen molar-refractivity contribution in [1.29, 1.82) is 0 Å². The van der Waals surface area contributed by atoms with E-state index in [1.807, 2.05) is 49.6 Å². The zero-order valence-electron chi connectivity index (χ0n) is 11.0. The average Bonchev–Trinajstić information content (AvgIpc) is 2.86. The predicted octanol–water partition coefficient (Wildman–Crippen LogP) is 2.80. The van der Waals surface area contributed by atoms with E-state index < -0.39 is 0 Å². The van der Waals surface area contributed by atoms with Crippen LogP contribution in [0.3, 0.4) is 0 Å². The van der Waals surface area contributed by atoms with Crippen LogP contribution in [-0.2, 0) is 6.54 Å². The molecule has 0 fully saturated rings. The molecule has 1 N–H and O–H groups in total. The minimum Gasteiger partial charge on any atom is -0.419 e. The summed E-state index contributed by atoms with van der Waals surface area (Å²) in [5, 5.41) is 11.0. The van der Waals surface area contributed by atoms with Crippen molar-refractivity contribution in [3.05, 3.63) is 66.5 Å². The molecule has 98 valence electrons. The lowest BCUT2D eigenvalue weighted by Crippen LogP contribution is -2.04. The first kappa shape index (κ1) is 13.2. The van der Waals surface area contributed by atoms with E-state index in [9.17, 15) is 0 Å². The van der Waals surface area contributed by atoms with Gasteiger partial charge in [0, 0.05) is 5.57 Å². The summed E-state index contributed by atoms with van der Waals surface area (Å²) in [4.78, 5) is 0. The van der Waals surface area contributed by atoms with E-state index in [-0.39, 0.29) is 0 Å². The lowest BCUT2D eigenvalue weighted by atomic mass is 10.1. The minimum atomic E-state index is 0.529. The molecule has 2 rings (SSSR count). The third-order valence-corrected chi connectivity index (χ3v) is 2.55. The summed E-state index contributed by atoms with van der Waals surface area (Å²) in [5.41, 5.74) is 1.96. The van der Waals surface area contributed by atoms with Gasteiger partial charge in [-0.25, -0.2) is 0 Å². The summed E-state index contributed by atoms with van der Waals surface area (Å²) >= 11 is 0. The highest BCUT2D eigenvalue weighted by Crippen LogP contribution is 2.16. The molecular formula is C15H17N3O. The van der Waals surface area contributed by atoms with Gasteiger partial charge in [-0.05, 0) is 19.5 Å². The fraction of sp³-hybridized carbons (Fsp3) is 0.200. The van der Waals surface area contributed by atoms with Crippen LogP contribution in [0.4, 0.5) is 0 Å². The maximum atomic E-state index is 5.58. The fourth-order valence-corrected chi connectivity index (χ4v) is 1.61. The fourth-order valence-electron chi connectivity index (χ4n) is 1.61. The third kappa shape index (κ3) is 3.89. The summed E-state index contributed by atoms with van der Waals surface area (Å²) in [6.07, 6.45) is 14.6. The molecule has 0 aromatic carbocycles. The van der Waals surface area contributed by atoms with Crippen LogP contribution in [0, 0.1) is 0 Å². The summed E-state index contributed by atoms with van der Waals surface area (Å²) in [6, 6.07) is 0. The summed E-state index contributed by atoms with van der Waals surface area (Å²) in [6.45, 7) is 4.53. The second-order valence-electron chi connectivity index (χ2n) is 4.16. The SMILES string of the molecule is C=C1\C=C/C=C/C=C(c2nnc(CNC)o2)\C=C/C1. The molecule has 0 spiro atoms. The van der Waals surface area contributed by atoms with Crippen LogP contribution in [-0.4, -0.2) is 17.2 Å². The summed E-state index contributed by atoms with van der Waals surface area (Å²) in [7, 11) is 1.84. The summed E-state index contributed by atoms with van der Waals surface area (Å²) in [5.74, 6) is 1.11. The van der Waals surface area contributed by atoms with Crippen molar-refractivity contribution >= 4 is 5.57 Å². The molecule has 19 heavy (non-hydrogen) atoms. The van der Waals surface area contributed by atoms with Crippen molar-refractivity contribution in [2.75, 3.05) is 7.05 Å². The van der Waals surface area contributed by atoms with Gasteiger partial charge in [0.15, 0.2) is 0 Å². The molecule has 0 aliphatic heterocycles. The molecular weight excluding hydrogens is 238 g/mol. The maximum absolute atomic E-state index is 5.58. The van der Waals surface area contributed by atoms with Gasteiger partial charge in [-0.1, -0.05) is 48.6 Å². The van der Waals surface area contributed by atoms with Gasteiger partial charge in [0.1, 0.15) is 0 Å². The zero-order chi connectivity index (χ0) is 13.5. The molecule has 0 unspecified atom stereocenters.